The molecular formula is C14H28BrNO. The monoisotopic (exact) mass is 305 g/mol. The van der Waals surface area contributed by atoms with Crippen LogP contribution in [0.5, 0.6) is 0 Å². The van der Waals surface area contributed by atoms with Gasteiger partial charge in [-0.2, -0.15) is 0 Å². The van der Waals surface area contributed by atoms with E-state index in [0.29, 0.717) is 12.0 Å². The molecule has 0 bridgehead atoms. The lowest BCUT2D eigenvalue weighted by Crippen LogP contribution is -3.00. The Morgan fingerprint density at radius 3 is 2.18 bits per heavy atom. The number of unbranched alkanes of at least 4 members (excludes halogenated alkanes) is 3. The summed E-state index contributed by atoms with van der Waals surface area (Å²) in [4.78, 5) is 11.5. The smallest absolute Gasteiger partial charge is 0.163 e. The van der Waals surface area contributed by atoms with Gasteiger partial charge in [0, 0.05) is 0 Å². The van der Waals surface area contributed by atoms with Crippen LogP contribution >= 0.6 is 0 Å². The van der Waals surface area contributed by atoms with Crippen molar-refractivity contribution >= 4 is 5.78 Å². The normalized spacial score (nSPS) is 10.8. The number of carbonyl (C=O) groups excluding carboxylic acids is 1. The lowest BCUT2D eigenvalue weighted by Gasteiger charge is -2.29. The molecule has 0 aromatic carbocycles. The van der Waals surface area contributed by atoms with E-state index in [1.807, 2.05) is 0 Å². The Balaban J connectivity index is 0. The number of ketones is 1. The van der Waals surface area contributed by atoms with E-state index in [1.54, 1.807) is 6.92 Å². The van der Waals surface area contributed by atoms with Crippen molar-refractivity contribution in [1.82, 2.24) is 0 Å². The van der Waals surface area contributed by atoms with Crippen LogP contribution in [-0.4, -0.2) is 37.5 Å². The summed E-state index contributed by atoms with van der Waals surface area (Å²) in [6.07, 6.45) is 5.82. The first-order chi connectivity index (χ1) is 7.39. The van der Waals surface area contributed by atoms with Crippen LogP contribution in [0.15, 0.2) is 12.2 Å². The number of halogens is 1. The molecule has 3 heteroatoms. The van der Waals surface area contributed by atoms with E-state index in [1.165, 1.54) is 32.2 Å². The minimum Gasteiger partial charge on any atom is -1.00 e. The molecule has 0 aromatic rings. The van der Waals surface area contributed by atoms with Crippen LogP contribution in [0.25, 0.3) is 0 Å². The van der Waals surface area contributed by atoms with Gasteiger partial charge < -0.3 is 21.5 Å². The third-order valence-electron chi connectivity index (χ3n) is 3.04. The number of rotatable bonds is 9. The van der Waals surface area contributed by atoms with Crippen LogP contribution in [0.3, 0.4) is 0 Å². The van der Waals surface area contributed by atoms with E-state index in [4.69, 9.17) is 0 Å². The van der Waals surface area contributed by atoms with Gasteiger partial charge in [0.05, 0.1) is 33.6 Å². The Kier molecular flexibility index (Phi) is 11.1. The van der Waals surface area contributed by atoms with Crippen molar-refractivity contribution in [3.8, 4) is 0 Å². The summed E-state index contributed by atoms with van der Waals surface area (Å²) < 4.78 is 0.947. The minimum absolute atomic E-state index is 0. The summed E-state index contributed by atoms with van der Waals surface area (Å²) >= 11 is 0. The number of allylic oxidation sites excluding steroid dienone is 1. The number of quaternary nitrogens is 1. The van der Waals surface area contributed by atoms with Gasteiger partial charge in [-0.25, -0.2) is 0 Å². The van der Waals surface area contributed by atoms with E-state index in [-0.39, 0.29) is 22.8 Å². The van der Waals surface area contributed by atoms with Crippen molar-refractivity contribution in [1.29, 1.82) is 0 Å². The molecule has 0 saturated carbocycles. The Bertz CT molecular complexity index is 236. The average Bonchev–Trinajstić information content (AvgIpc) is 2.21. The molecule has 0 spiro atoms. The first kappa shape index (κ1) is 19.2. The summed E-state index contributed by atoms with van der Waals surface area (Å²) in [6, 6.07) is 0. The molecular weight excluding hydrogens is 278 g/mol. The molecule has 0 N–H and O–H groups in total. The number of carbonyl (C=O) groups is 1. The Labute approximate surface area is 117 Å². The molecule has 0 heterocycles. The fraction of sp³-hybridized carbons (Fsp3) is 0.786. The van der Waals surface area contributed by atoms with E-state index in [2.05, 4.69) is 27.6 Å². The van der Waals surface area contributed by atoms with Gasteiger partial charge in [-0.3, -0.25) is 4.79 Å². The number of hydrogen-bond donors (Lipinski definition) is 0. The summed E-state index contributed by atoms with van der Waals surface area (Å²) in [5.74, 6) is 0.208. The maximum absolute atomic E-state index is 11.5. The summed E-state index contributed by atoms with van der Waals surface area (Å²) in [6.45, 7) is 9.81. The second kappa shape index (κ2) is 9.84. The molecule has 0 atom stereocenters. The predicted molar refractivity (Wildman–Crippen MR) is 70.4 cm³/mol. The van der Waals surface area contributed by atoms with Crippen LogP contribution in [0.1, 0.15) is 46.0 Å². The molecule has 0 rings (SSSR count). The second-order valence-corrected chi connectivity index (χ2v) is 5.40. The van der Waals surface area contributed by atoms with Gasteiger partial charge in [-0.1, -0.05) is 26.3 Å². The Morgan fingerprint density at radius 2 is 1.71 bits per heavy atom. The highest BCUT2D eigenvalue weighted by Crippen LogP contribution is 2.07. The first-order valence-electron chi connectivity index (χ1n) is 6.40. The van der Waals surface area contributed by atoms with Crippen molar-refractivity contribution in [3.05, 3.63) is 12.2 Å². The molecule has 0 radical (unpaired) electrons. The summed E-state index contributed by atoms with van der Waals surface area (Å²) in [7, 11) is 4.41. The van der Waals surface area contributed by atoms with Gasteiger partial charge in [-0.05, 0) is 25.3 Å². The highest BCUT2D eigenvalue weighted by atomic mass is 79.9. The Morgan fingerprint density at radius 1 is 1.12 bits per heavy atom. The van der Waals surface area contributed by atoms with Crippen LogP contribution in [0.4, 0.5) is 0 Å². The van der Waals surface area contributed by atoms with Crippen LogP contribution in [-0.2, 0) is 4.79 Å². The number of nitrogens with zero attached hydrogens (tertiary/aromatic N) is 1. The van der Waals surface area contributed by atoms with Crippen LogP contribution < -0.4 is 17.0 Å². The fourth-order valence-electron chi connectivity index (χ4n) is 1.70. The van der Waals surface area contributed by atoms with E-state index in [0.717, 1.165) is 11.0 Å². The maximum atomic E-state index is 11.5. The quantitative estimate of drug-likeness (QED) is 0.337. The number of hydrogen-bond acceptors (Lipinski definition) is 1. The standard InChI is InChI=1S/C14H28NO.BrH/c1-6-7-8-9-11-15(4,5)12-10-14(16)13(2)3;/h2,6-12H2,1,3-5H3;1H/q+1;/p-1. The molecule has 0 saturated heterocycles. The lowest BCUT2D eigenvalue weighted by atomic mass is 10.1. The molecule has 0 unspecified atom stereocenters. The zero-order valence-corrected chi connectivity index (χ0v) is 13.5. The highest BCUT2D eigenvalue weighted by Gasteiger charge is 2.16. The van der Waals surface area contributed by atoms with E-state index >= 15 is 0 Å². The largest absolute Gasteiger partial charge is 1.00 e. The van der Waals surface area contributed by atoms with Gasteiger partial charge in [0.1, 0.15) is 0 Å². The molecule has 0 amide bonds. The molecule has 102 valence electrons. The van der Waals surface area contributed by atoms with Gasteiger partial charge in [0.2, 0.25) is 0 Å². The van der Waals surface area contributed by atoms with Crippen molar-refractivity contribution in [2.24, 2.45) is 0 Å². The van der Waals surface area contributed by atoms with E-state index < -0.39 is 0 Å². The van der Waals surface area contributed by atoms with Crippen molar-refractivity contribution < 1.29 is 26.3 Å². The maximum Gasteiger partial charge on any atom is 0.163 e. The molecule has 0 aliphatic rings. The van der Waals surface area contributed by atoms with Crippen molar-refractivity contribution in [2.75, 3.05) is 27.2 Å². The van der Waals surface area contributed by atoms with Crippen LogP contribution in [0.2, 0.25) is 0 Å². The Hall–Kier alpha value is -0.150. The fourth-order valence-corrected chi connectivity index (χ4v) is 1.70. The minimum atomic E-state index is 0. The van der Waals surface area contributed by atoms with Crippen molar-refractivity contribution in [2.45, 2.75) is 46.0 Å². The van der Waals surface area contributed by atoms with Gasteiger partial charge >= 0.3 is 0 Å². The van der Waals surface area contributed by atoms with Crippen LogP contribution in [0, 0.1) is 0 Å². The second-order valence-electron chi connectivity index (χ2n) is 5.40. The third-order valence-corrected chi connectivity index (χ3v) is 3.04. The first-order valence-corrected chi connectivity index (χ1v) is 6.40. The van der Waals surface area contributed by atoms with Gasteiger partial charge in [0.15, 0.2) is 5.78 Å². The van der Waals surface area contributed by atoms with Gasteiger partial charge in [-0.15, -0.1) is 0 Å². The molecule has 0 aromatic heterocycles. The number of Topliss-reactive ketones (excluding diaryl/α,β-unsaturated/α-hetero) is 1. The van der Waals surface area contributed by atoms with E-state index in [9.17, 15) is 4.79 Å². The summed E-state index contributed by atoms with van der Waals surface area (Å²) in [5.41, 5.74) is 0.686. The van der Waals surface area contributed by atoms with Gasteiger partial charge in [0.25, 0.3) is 0 Å². The molecule has 0 aliphatic heterocycles. The highest BCUT2D eigenvalue weighted by molar-refractivity contribution is 5.94. The molecule has 17 heavy (non-hydrogen) atoms. The zero-order chi connectivity index (χ0) is 12.6. The molecule has 2 nitrogen and oxygen atoms in total. The third kappa shape index (κ3) is 10.7. The van der Waals surface area contributed by atoms with Crippen molar-refractivity contribution in [3.63, 3.8) is 0 Å². The topological polar surface area (TPSA) is 17.1 Å². The summed E-state index contributed by atoms with van der Waals surface area (Å²) in [5, 5.41) is 0. The lowest BCUT2D eigenvalue weighted by molar-refractivity contribution is -0.889. The molecule has 0 fully saturated rings. The zero-order valence-electron chi connectivity index (χ0n) is 11.9. The predicted octanol–water partition coefficient (Wildman–Crippen LogP) is 0.182. The average molecular weight is 306 g/mol. The SMILES string of the molecule is C=C(C)C(=O)CC[N+](C)(C)CCCCCC.[Br-]. The molecule has 0 aliphatic carbocycles.